The van der Waals surface area contributed by atoms with Crippen LogP contribution in [-0.2, 0) is 9.59 Å². The summed E-state index contributed by atoms with van der Waals surface area (Å²) in [6.45, 7) is 1.63. The van der Waals surface area contributed by atoms with Crippen molar-refractivity contribution in [3.05, 3.63) is 23.9 Å². The standard InChI is InChI=1S/C9H10N4O2/c1-5-8(14)13-7(9(15)12-5)2-6-3-10-4-11-6/h2-5H,1H3,(H,10,11)(H,12,15)(H,13,14)/t5-/m0/s1. The van der Waals surface area contributed by atoms with Crippen LogP contribution >= 0.6 is 0 Å². The third-order valence-electron chi connectivity index (χ3n) is 2.06. The van der Waals surface area contributed by atoms with Crippen molar-refractivity contribution in [3.8, 4) is 0 Å². The van der Waals surface area contributed by atoms with Gasteiger partial charge in [-0.05, 0) is 13.0 Å². The maximum Gasteiger partial charge on any atom is 0.268 e. The van der Waals surface area contributed by atoms with Gasteiger partial charge in [-0.15, -0.1) is 0 Å². The second-order valence-electron chi connectivity index (χ2n) is 3.25. The maximum absolute atomic E-state index is 11.4. The molecule has 2 amide bonds. The van der Waals surface area contributed by atoms with Gasteiger partial charge in [0.2, 0.25) is 5.91 Å². The van der Waals surface area contributed by atoms with Crippen LogP contribution < -0.4 is 10.6 Å². The van der Waals surface area contributed by atoms with Crippen LogP contribution in [0.25, 0.3) is 6.08 Å². The monoisotopic (exact) mass is 206 g/mol. The molecule has 1 aromatic rings. The topological polar surface area (TPSA) is 86.9 Å². The van der Waals surface area contributed by atoms with E-state index in [-0.39, 0.29) is 17.5 Å². The first kappa shape index (κ1) is 9.45. The molecule has 1 aliphatic rings. The fourth-order valence-electron chi connectivity index (χ4n) is 1.24. The highest BCUT2D eigenvalue weighted by molar-refractivity contribution is 6.06. The first-order valence-corrected chi connectivity index (χ1v) is 4.48. The Labute approximate surface area is 85.8 Å². The second kappa shape index (κ2) is 3.56. The van der Waals surface area contributed by atoms with Gasteiger partial charge in [-0.25, -0.2) is 4.98 Å². The first-order chi connectivity index (χ1) is 7.16. The highest BCUT2D eigenvalue weighted by atomic mass is 16.2. The summed E-state index contributed by atoms with van der Waals surface area (Å²) in [6, 6.07) is -0.489. The van der Waals surface area contributed by atoms with E-state index in [4.69, 9.17) is 0 Å². The van der Waals surface area contributed by atoms with E-state index in [1.807, 2.05) is 0 Å². The fraction of sp³-hybridized carbons (Fsp3) is 0.222. The number of aromatic nitrogens is 2. The summed E-state index contributed by atoms with van der Waals surface area (Å²) in [4.78, 5) is 29.3. The van der Waals surface area contributed by atoms with E-state index in [1.54, 1.807) is 13.1 Å². The average molecular weight is 206 g/mol. The number of piperazine rings is 1. The lowest BCUT2D eigenvalue weighted by molar-refractivity contribution is -0.130. The molecule has 2 heterocycles. The van der Waals surface area contributed by atoms with Gasteiger partial charge in [0.1, 0.15) is 11.7 Å². The average Bonchev–Trinajstić information content (AvgIpc) is 2.67. The summed E-state index contributed by atoms with van der Waals surface area (Å²) in [7, 11) is 0. The van der Waals surface area contributed by atoms with Crippen LogP contribution in [0.4, 0.5) is 0 Å². The largest absolute Gasteiger partial charge is 0.345 e. The van der Waals surface area contributed by atoms with Crippen LogP contribution in [0.1, 0.15) is 12.6 Å². The molecule has 1 saturated heterocycles. The third-order valence-corrected chi connectivity index (χ3v) is 2.06. The van der Waals surface area contributed by atoms with Crippen LogP contribution in [0.2, 0.25) is 0 Å². The van der Waals surface area contributed by atoms with Crippen molar-refractivity contribution in [2.45, 2.75) is 13.0 Å². The Morgan fingerprint density at radius 1 is 1.47 bits per heavy atom. The number of aromatic amines is 1. The lowest BCUT2D eigenvalue weighted by atomic mass is 10.2. The van der Waals surface area contributed by atoms with Crippen molar-refractivity contribution >= 4 is 17.9 Å². The van der Waals surface area contributed by atoms with E-state index in [0.717, 1.165) is 0 Å². The molecule has 1 atom stereocenters. The van der Waals surface area contributed by atoms with Crippen molar-refractivity contribution in [1.82, 2.24) is 20.6 Å². The Bertz CT molecular complexity index is 421. The highest BCUT2D eigenvalue weighted by Crippen LogP contribution is 2.05. The van der Waals surface area contributed by atoms with Crippen LogP contribution in [0, 0.1) is 0 Å². The molecule has 1 aromatic heterocycles. The van der Waals surface area contributed by atoms with Crippen molar-refractivity contribution in [2.75, 3.05) is 0 Å². The SMILES string of the molecule is C[C@@H]1NC(=O)C(=Cc2cnc[nH]2)NC1=O. The molecule has 0 aliphatic carbocycles. The van der Waals surface area contributed by atoms with Crippen LogP contribution in [-0.4, -0.2) is 27.8 Å². The number of amides is 2. The number of rotatable bonds is 1. The summed E-state index contributed by atoms with van der Waals surface area (Å²) in [6.07, 6.45) is 4.59. The lowest BCUT2D eigenvalue weighted by Gasteiger charge is -2.21. The number of nitrogens with zero attached hydrogens (tertiary/aromatic N) is 1. The smallest absolute Gasteiger partial charge is 0.268 e. The molecule has 78 valence electrons. The minimum atomic E-state index is -0.489. The number of imidazole rings is 1. The van der Waals surface area contributed by atoms with Crippen molar-refractivity contribution in [3.63, 3.8) is 0 Å². The Kier molecular flexibility index (Phi) is 2.24. The normalized spacial score (nSPS) is 23.8. The number of H-pyrrole nitrogens is 1. The zero-order valence-corrected chi connectivity index (χ0v) is 8.07. The molecular weight excluding hydrogens is 196 g/mol. The van der Waals surface area contributed by atoms with Crippen molar-refractivity contribution < 1.29 is 9.59 Å². The van der Waals surface area contributed by atoms with Gasteiger partial charge in [-0.3, -0.25) is 9.59 Å². The van der Waals surface area contributed by atoms with Gasteiger partial charge in [0.05, 0.1) is 18.2 Å². The van der Waals surface area contributed by atoms with Gasteiger partial charge in [0.25, 0.3) is 5.91 Å². The summed E-state index contributed by atoms with van der Waals surface area (Å²) in [5.41, 5.74) is 0.886. The number of hydrogen-bond acceptors (Lipinski definition) is 3. The third kappa shape index (κ3) is 1.88. The number of carbonyl (C=O) groups excluding carboxylic acids is 2. The Balaban J connectivity index is 2.23. The highest BCUT2D eigenvalue weighted by Gasteiger charge is 2.25. The van der Waals surface area contributed by atoms with Crippen molar-refractivity contribution in [2.24, 2.45) is 0 Å². The number of carbonyl (C=O) groups is 2. The van der Waals surface area contributed by atoms with Crippen LogP contribution in [0.3, 0.4) is 0 Å². The van der Waals surface area contributed by atoms with E-state index in [9.17, 15) is 9.59 Å². The number of hydrogen-bond donors (Lipinski definition) is 3. The number of nitrogens with one attached hydrogen (secondary N) is 3. The van der Waals surface area contributed by atoms with Gasteiger partial charge in [-0.2, -0.15) is 0 Å². The van der Waals surface area contributed by atoms with E-state index in [1.165, 1.54) is 12.4 Å². The van der Waals surface area contributed by atoms with Crippen LogP contribution in [0.15, 0.2) is 18.2 Å². The molecule has 6 nitrogen and oxygen atoms in total. The summed E-state index contributed by atoms with van der Waals surface area (Å²) in [5.74, 6) is -0.517. The maximum atomic E-state index is 11.4. The molecule has 0 bridgehead atoms. The van der Waals surface area contributed by atoms with E-state index < -0.39 is 6.04 Å². The molecule has 15 heavy (non-hydrogen) atoms. The molecule has 1 aliphatic heterocycles. The van der Waals surface area contributed by atoms with Gasteiger partial charge in [0, 0.05) is 0 Å². The van der Waals surface area contributed by atoms with Crippen LogP contribution in [0.5, 0.6) is 0 Å². The van der Waals surface area contributed by atoms with Crippen molar-refractivity contribution in [1.29, 1.82) is 0 Å². The zero-order valence-electron chi connectivity index (χ0n) is 8.07. The minimum absolute atomic E-state index is 0.222. The predicted molar refractivity (Wildman–Crippen MR) is 52.3 cm³/mol. The Morgan fingerprint density at radius 2 is 2.27 bits per heavy atom. The molecule has 0 unspecified atom stereocenters. The molecule has 0 radical (unpaired) electrons. The minimum Gasteiger partial charge on any atom is -0.345 e. The fourth-order valence-corrected chi connectivity index (χ4v) is 1.24. The van der Waals surface area contributed by atoms with E-state index in [0.29, 0.717) is 5.69 Å². The van der Waals surface area contributed by atoms with Gasteiger partial charge < -0.3 is 15.6 Å². The molecule has 1 fully saturated rings. The molecule has 0 aromatic carbocycles. The summed E-state index contributed by atoms with van der Waals surface area (Å²) >= 11 is 0. The summed E-state index contributed by atoms with van der Waals surface area (Å²) in [5, 5.41) is 5.05. The molecule has 0 saturated carbocycles. The zero-order chi connectivity index (χ0) is 10.8. The Morgan fingerprint density at radius 3 is 2.93 bits per heavy atom. The van der Waals surface area contributed by atoms with Gasteiger partial charge >= 0.3 is 0 Å². The summed E-state index contributed by atoms with van der Waals surface area (Å²) < 4.78 is 0. The lowest BCUT2D eigenvalue weighted by Crippen LogP contribution is -2.53. The van der Waals surface area contributed by atoms with Gasteiger partial charge in [0.15, 0.2) is 0 Å². The molecule has 3 N–H and O–H groups in total. The molecular formula is C9H10N4O2. The van der Waals surface area contributed by atoms with E-state index in [2.05, 4.69) is 20.6 Å². The van der Waals surface area contributed by atoms with E-state index >= 15 is 0 Å². The predicted octanol–water partition coefficient (Wildman–Crippen LogP) is -0.615. The molecule has 2 rings (SSSR count). The quantitative estimate of drug-likeness (QED) is 0.535. The van der Waals surface area contributed by atoms with Gasteiger partial charge in [-0.1, -0.05) is 0 Å². The first-order valence-electron chi connectivity index (χ1n) is 4.48. The second-order valence-corrected chi connectivity index (χ2v) is 3.25. The molecule has 6 heteroatoms. The molecule has 0 spiro atoms. The Hall–Kier alpha value is -2.11.